The fraction of sp³-hybridized carbons (Fsp3) is 0.0233. The summed E-state index contributed by atoms with van der Waals surface area (Å²) in [5.74, 6) is 0. The van der Waals surface area contributed by atoms with Crippen molar-refractivity contribution in [3.63, 3.8) is 0 Å². The summed E-state index contributed by atoms with van der Waals surface area (Å²) in [5.41, 5.74) is 12.2. The predicted octanol–water partition coefficient (Wildman–Crippen LogP) is 11.2. The van der Waals surface area contributed by atoms with E-state index in [4.69, 9.17) is 0 Å². The Morgan fingerprint density at radius 3 is 1.35 bits per heavy atom. The maximum absolute atomic E-state index is 2.41. The Balaban J connectivity index is 1.21. The molecule has 3 nitrogen and oxygen atoms in total. The summed E-state index contributed by atoms with van der Waals surface area (Å²) >= 11 is 0. The lowest BCUT2D eigenvalue weighted by molar-refractivity contribution is 1.01. The number of aryl methyl sites for hydroxylation is 1. The highest BCUT2D eigenvalue weighted by atomic mass is 15.0. The third-order valence-corrected chi connectivity index (χ3v) is 9.83. The quantitative estimate of drug-likeness (QED) is 0.195. The van der Waals surface area contributed by atoms with Crippen LogP contribution in [0.2, 0.25) is 0 Å². The second-order valence-corrected chi connectivity index (χ2v) is 12.3. The summed E-state index contributed by atoms with van der Waals surface area (Å²) in [6.45, 7) is 0. The van der Waals surface area contributed by atoms with Crippen LogP contribution in [0.3, 0.4) is 0 Å². The summed E-state index contributed by atoms with van der Waals surface area (Å²) in [7, 11) is 2.19. The maximum atomic E-state index is 2.41. The van der Waals surface area contributed by atoms with Gasteiger partial charge in [-0.3, -0.25) is 0 Å². The van der Waals surface area contributed by atoms with Crippen LogP contribution in [0.1, 0.15) is 0 Å². The van der Waals surface area contributed by atoms with Crippen molar-refractivity contribution in [3.05, 3.63) is 158 Å². The molecule has 216 valence electrons. The van der Waals surface area contributed by atoms with Crippen LogP contribution in [0.25, 0.3) is 87.9 Å². The van der Waals surface area contributed by atoms with Crippen molar-refractivity contribution in [2.75, 3.05) is 0 Å². The fourth-order valence-electron chi connectivity index (χ4n) is 7.71. The maximum Gasteiger partial charge on any atom is 0.0562 e. The second kappa shape index (κ2) is 9.47. The van der Waals surface area contributed by atoms with E-state index in [0.717, 1.165) is 0 Å². The van der Waals surface area contributed by atoms with E-state index in [-0.39, 0.29) is 0 Å². The first-order valence-electron chi connectivity index (χ1n) is 15.8. The molecule has 0 aliphatic carbocycles. The van der Waals surface area contributed by atoms with E-state index >= 15 is 0 Å². The number of benzene rings is 7. The zero-order valence-corrected chi connectivity index (χ0v) is 25.4. The minimum atomic E-state index is 1.18. The summed E-state index contributed by atoms with van der Waals surface area (Å²) in [6, 6.07) is 57.5. The van der Waals surface area contributed by atoms with Crippen LogP contribution in [-0.2, 0) is 7.05 Å². The first-order chi connectivity index (χ1) is 22.7. The first-order valence-corrected chi connectivity index (χ1v) is 15.8. The van der Waals surface area contributed by atoms with Crippen molar-refractivity contribution in [1.82, 2.24) is 13.7 Å². The van der Waals surface area contributed by atoms with Gasteiger partial charge in [0.15, 0.2) is 0 Å². The molecule has 0 aliphatic rings. The Bertz CT molecular complexity index is 2790. The average molecular weight is 588 g/mol. The lowest BCUT2D eigenvalue weighted by Gasteiger charge is -2.08. The van der Waals surface area contributed by atoms with Crippen LogP contribution in [-0.4, -0.2) is 13.7 Å². The Hall–Kier alpha value is -6.06. The highest BCUT2D eigenvalue weighted by Crippen LogP contribution is 2.40. The summed E-state index contributed by atoms with van der Waals surface area (Å²) in [5, 5.41) is 7.65. The molecule has 3 heteroatoms. The molecule has 0 N–H and O–H groups in total. The second-order valence-electron chi connectivity index (χ2n) is 12.3. The van der Waals surface area contributed by atoms with E-state index in [0.29, 0.717) is 0 Å². The van der Waals surface area contributed by atoms with E-state index in [1.165, 1.54) is 87.9 Å². The van der Waals surface area contributed by atoms with Crippen molar-refractivity contribution in [1.29, 1.82) is 0 Å². The van der Waals surface area contributed by atoms with Crippen molar-refractivity contribution in [2.45, 2.75) is 0 Å². The fourth-order valence-corrected chi connectivity index (χ4v) is 7.71. The number of aromatic nitrogens is 3. The number of hydrogen-bond donors (Lipinski definition) is 0. The molecule has 3 heterocycles. The normalized spacial score (nSPS) is 12.0. The SMILES string of the molecule is Cn1c2ccc(-c3ccc4c(c3)c3ccccc3n4-c3ccccc3)cc2c2cc3c4ccccc4n(-c4ccccc4)c3cc21. The predicted molar refractivity (Wildman–Crippen MR) is 195 cm³/mol. The van der Waals surface area contributed by atoms with E-state index in [9.17, 15) is 0 Å². The topological polar surface area (TPSA) is 14.8 Å². The van der Waals surface area contributed by atoms with Gasteiger partial charge in [0.05, 0.1) is 27.6 Å². The highest BCUT2D eigenvalue weighted by Gasteiger charge is 2.18. The highest BCUT2D eigenvalue weighted by molar-refractivity contribution is 6.19. The first kappa shape index (κ1) is 25.3. The minimum absolute atomic E-state index is 1.18. The Labute approximate surface area is 265 Å². The largest absolute Gasteiger partial charge is 0.344 e. The van der Waals surface area contributed by atoms with Gasteiger partial charge >= 0.3 is 0 Å². The van der Waals surface area contributed by atoms with Gasteiger partial charge in [0.25, 0.3) is 0 Å². The lowest BCUT2D eigenvalue weighted by atomic mass is 10.00. The standard InChI is InChI=1S/C43H29N3/c1-44-38-22-20-28(29-21-23-41-34(24-29)32-16-8-10-18-39(32)45(41)30-12-4-2-5-13-30)25-35(38)37-26-36-33-17-9-11-19-40(33)46(43(36)27-42(37)44)31-14-6-3-7-15-31/h2-27H,1H3. The number of para-hydroxylation sites is 4. The molecule has 0 fully saturated rings. The third-order valence-electron chi connectivity index (χ3n) is 9.83. The molecule has 0 aliphatic heterocycles. The van der Waals surface area contributed by atoms with Crippen LogP contribution in [0.5, 0.6) is 0 Å². The van der Waals surface area contributed by atoms with Crippen LogP contribution >= 0.6 is 0 Å². The third kappa shape index (κ3) is 3.48. The molecule has 0 unspecified atom stereocenters. The average Bonchev–Trinajstić information content (AvgIpc) is 3.72. The molecule has 0 saturated carbocycles. The molecule has 0 spiro atoms. The molecular weight excluding hydrogens is 558 g/mol. The molecule has 7 aromatic carbocycles. The minimum Gasteiger partial charge on any atom is -0.344 e. The summed E-state index contributed by atoms with van der Waals surface area (Å²) in [4.78, 5) is 0. The van der Waals surface area contributed by atoms with Gasteiger partial charge in [0, 0.05) is 56.3 Å². The summed E-state index contributed by atoms with van der Waals surface area (Å²) in [6.07, 6.45) is 0. The van der Waals surface area contributed by atoms with E-state index in [1.54, 1.807) is 0 Å². The monoisotopic (exact) mass is 587 g/mol. The van der Waals surface area contributed by atoms with Crippen molar-refractivity contribution < 1.29 is 0 Å². The van der Waals surface area contributed by atoms with Crippen LogP contribution < -0.4 is 0 Å². The van der Waals surface area contributed by atoms with E-state index in [1.807, 2.05) is 0 Å². The van der Waals surface area contributed by atoms with Gasteiger partial charge in [-0.2, -0.15) is 0 Å². The summed E-state index contributed by atoms with van der Waals surface area (Å²) < 4.78 is 7.12. The Kier molecular flexibility index (Phi) is 5.20. The van der Waals surface area contributed by atoms with Crippen LogP contribution in [0.4, 0.5) is 0 Å². The number of hydrogen-bond acceptors (Lipinski definition) is 0. The zero-order chi connectivity index (χ0) is 30.4. The number of nitrogens with zero attached hydrogens (tertiary/aromatic N) is 3. The molecule has 0 amide bonds. The van der Waals surface area contributed by atoms with E-state index in [2.05, 4.69) is 178 Å². The molecule has 3 aromatic heterocycles. The Morgan fingerprint density at radius 2 is 0.739 bits per heavy atom. The van der Waals surface area contributed by atoms with Gasteiger partial charge in [-0.1, -0.05) is 84.9 Å². The zero-order valence-electron chi connectivity index (χ0n) is 25.4. The van der Waals surface area contributed by atoms with Crippen molar-refractivity contribution >= 4 is 65.4 Å². The van der Waals surface area contributed by atoms with Crippen molar-refractivity contribution in [3.8, 4) is 22.5 Å². The Morgan fingerprint density at radius 1 is 0.304 bits per heavy atom. The molecule has 0 atom stereocenters. The molecule has 10 rings (SSSR count). The van der Waals surface area contributed by atoms with Gasteiger partial charge in [-0.15, -0.1) is 0 Å². The van der Waals surface area contributed by atoms with Crippen LogP contribution in [0.15, 0.2) is 158 Å². The molecule has 0 saturated heterocycles. The molecule has 10 aromatic rings. The smallest absolute Gasteiger partial charge is 0.0562 e. The van der Waals surface area contributed by atoms with Crippen molar-refractivity contribution in [2.24, 2.45) is 7.05 Å². The number of fused-ring (bicyclic) bond motifs is 9. The van der Waals surface area contributed by atoms with Crippen LogP contribution in [0, 0.1) is 0 Å². The van der Waals surface area contributed by atoms with Gasteiger partial charge in [-0.25, -0.2) is 0 Å². The molecule has 0 bridgehead atoms. The molecule has 46 heavy (non-hydrogen) atoms. The van der Waals surface area contributed by atoms with E-state index < -0.39 is 0 Å². The van der Waals surface area contributed by atoms with Gasteiger partial charge in [-0.05, 0) is 83.9 Å². The van der Waals surface area contributed by atoms with Gasteiger partial charge in [0.2, 0.25) is 0 Å². The molecule has 0 radical (unpaired) electrons. The van der Waals surface area contributed by atoms with Gasteiger partial charge < -0.3 is 13.7 Å². The number of rotatable bonds is 3. The molecular formula is C43H29N3. The van der Waals surface area contributed by atoms with Gasteiger partial charge in [0.1, 0.15) is 0 Å². The lowest BCUT2D eigenvalue weighted by Crippen LogP contribution is -1.93.